The smallest absolute Gasteiger partial charge is 0.369 e. The maximum atomic E-state index is 10.00. The molecule has 0 bridgehead atoms. The number of allylic oxidation sites excluding steroid dienone is 1. The van der Waals surface area contributed by atoms with Crippen molar-refractivity contribution in [3.8, 4) is 0 Å². The van der Waals surface area contributed by atoms with Gasteiger partial charge in [-0.05, 0) is 12.5 Å². The molecule has 0 aliphatic carbocycles. The molecule has 2 nitrogen and oxygen atoms in total. The van der Waals surface area contributed by atoms with Crippen molar-refractivity contribution in [2.24, 2.45) is 0 Å². The molecule has 0 fully saturated rings. The van der Waals surface area contributed by atoms with Gasteiger partial charge in [0.2, 0.25) is 0 Å². The van der Waals surface area contributed by atoms with Gasteiger partial charge in [-0.15, -0.1) is 0 Å². The van der Waals surface area contributed by atoms with Crippen LogP contribution in [-0.2, 0) is 4.74 Å². The molecule has 0 radical (unpaired) electrons. The molecular formula is C6H10O2S. The number of rotatable bonds is 3. The van der Waals surface area contributed by atoms with Gasteiger partial charge in [0.1, 0.15) is 0 Å². The molecule has 0 heterocycles. The monoisotopic (exact) mass is 146 g/mol. The van der Waals surface area contributed by atoms with Crippen LogP contribution in [0.5, 0.6) is 0 Å². The van der Waals surface area contributed by atoms with Crippen LogP contribution in [0, 0.1) is 0 Å². The fraction of sp³-hybridized carbons (Fsp3) is 0.500. The molecule has 52 valence electrons. The molecule has 0 saturated heterocycles. The number of hydrogen-bond acceptors (Lipinski definition) is 2. The van der Waals surface area contributed by atoms with Crippen LogP contribution in [0.2, 0.25) is 0 Å². The highest BCUT2D eigenvalue weighted by Crippen LogP contribution is 1.91. The van der Waals surface area contributed by atoms with Gasteiger partial charge in [-0.1, -0.05) is 26.0 Å². The minimum atomic E-state index is -0.567. The van der Waals surface area contributed by atoms with Crippen LogP contribution in [0.25, 0.3) is 0 Å². The summed E-state index contributed by atoms with van der Waals surface area (Å²) in [6.45, 7) is 2.05. The Hall–Kier alpha value is -0.440. The van der Waals surface area contributed by atoms with Crippen molar-refractivity contribution in [1.29, 1.82) is 0 Å². The predicted molar refractivity (Wildman–Crippen MR) is 39.5 cm³/mol. The van der Waals surface area contributed by atoms with E-state index in [-0.39, 0.29) is 0 Å². The summed E-state index contributed by atoms with van der Waals surface area (Å²) in [5.41, 5.74) is 0. The van der Waals surface area contributed by atoms with Gasteiger partial charge in [-0.3, -0.25) is 0 Å². The summed E-state index contributed by atoms with van der Waals surface area (Å²) < 4.78 is 4.39. The second-order valence-corrected chi connectivity index (χ2v) is 1.91. The SMILES string of the molecule is CCC/C=C/OC(=O)S. The molecule has 0 atom stereocenters. The highest BCUT2D eigenvalue weighted by Gasteiger charge is 1.83. The van der Waals surface area contributed by atoms with Gasteiger partial charge in [-0.2, -0.15) is 0 Å². The number of carbonyl (C=O) groups excluding carboxylic acids is 1. The molecule has 0 aromatic heterocycles. The van der Waals surface area contributed by atoms with Crippen molar-refractivity contribution in [2.75, 3.05) is 0 Å². The standard InChI is InChI=1S/C6H10O2S/c1-2-3-4-5-8-6(7)9/h4-5H,2-3H2,1H3,(H,7,9)/b5-4+. The second kappa shape index (κ2) is 5.69. The molecule has 0 aromatic rings. The lowest BCUT2D eigenvalue weighted by Gasteiger charge is -1.87. The summed E-state index contributed by atoms with van der Waals surface area (Å²) >= 11 is 3.39. The fourth-order valence-corrected chi connectivity index (χ4v) is 0.402. The zero-order valence-corrected chi connectivity index (χ0v) is 6.23. The predicted octanol–water partition coefficient (Wildman–Crippen LogP) is 2.37. The van der Waals surface area contributed by atoms with Crippen LogP contribution < -0.4 is 0 Å². The summed E-state index contributed by atoms with van der Waals surface area (Å²) in [4.78, 5) is 10.00. The highest BCUT2D eigenvalue weighted by molar-refractivity contribution is 7.96. The van der Waals surface area contributed by atoms with Crippen molar-refractivity contribution in [3.05, 3.63) is 12.3 Å². The first-order chi connectivity index (χ1) is 4.27. The number of unbranched alkanes of at least 4 members (excludes halogenated alkanes) is 1. The Balaban J connectivity index is 3.14. The Morgan fingerprint density at radius 2 is 2.44 bits per heavy atom. The summed E-state index contributed by atoms with van der Waals surface area (Å²) in [7, 11) is 0. The molecule has 3 heteroatoms. The van der Waals surface area contributed by atoms with Crippen molar-refractivity contribution >= 4 is 17.9 Å². The zero-order chi connectivity index (χ0) is 7.11. The Kier molecular flexibility index (Phi) is 5.41. The molecule has 0 saturated carbocycles. The summed E-state index contributed by atoms with van der Waals surface area (Å²) in [5, 5.41) is -0.567. The third kappa shape index (κ3) is 7.56. The quantitative estimate of drug-likeness (QED) is 0.376. The Morgan fingerprint density at radius 3 is 2.89 bits per heavy atom. The van der Waals surface area contributed by atoms with Gasteiger partial charge < -0.3 is 4.74 Å². The van der Waals surface area contributed by atoms with E-state index >= 15 is 0 Å². The van der Waals surface area contributed by atoms with E-state index in [1.807, 2.05) is 6.92 Å². The van der Waals surface area contributed by atoms with E-state index in [4.69, 9.17) is 0 Å². The van der Waals surface area contributed by atoms with Crippen molar-refractivity contribution < 1.29 is 9.53 Å². The first kappa shape index (κ1) is 8.56. The van der Waals surface area contributed by atoms with Crippen LogP contribution >= 0.6 is 12.6 Å². The van der Waals surface area contributed by atoms with Gasteiger partial charge in [0.25, 0.3) is 0 Å². The van der Waals surface area contributed by atoms with E-state index in [0.29, 0.717) is 0 Å². The summed E-state index contributed by atoms with van der Waals surface area (Å²) in [6, 6.07) is 0. The highest BCUT2D eigenvalue weighted by atomic mass is 32.1. The topological polar surface area (TPSA) is 26.3 Å². The average molecular weight is 146 g/mol. The van der Waals surface area contributed by atoms with Crippen molar-refractivity contribution in [2.45, 2.75) is 19.8 Å². The Bertz CT molecular complexity index is 110. The van der Waals surface area contributed by atoms with Gasteiger partial charge in [0.05, 0.1) is 6.26 Å². The molecule has 9 heavy (non-hydrogen) atoms. The van der Waals surface area contributed by atoms with E-state index in [9.17, 15) is 4.79 Å². The average Bonchev–Trinajstić information content (AvgIpc) is 1.80. The first-order valence-electron chi connectivity index (χ1n) is 2.82. The van der Waals surface area contributed by atoms with Crippen LogP contribution in [-0.4, -0.2) is 5.30 Å². The van der Waals surface area contributed by atoms with Crippen LogP contribution in [0.1, 0.15) is 19.8 Å². The normalized spacial score (nSPS) is 10.0. The van der Waals surface area contributed by atoms with Crippen molar-refractivity contribution in [3.63, 3.8) is 0 Å². The lowest BCUT2D eigenvalue weighted by molar-refractivity contribution is 0.214. The van der Waals surface area contributed by atoms with Gasteiger partial charge in [0, 0.05) is 0 Å². The molecule has 0 N–H and O–H groups in total. The molecular weight excluding hydrogens is 136 g/mol. The van der Waals surface area contributed by atoms with Crippen molar-refractivity contribution in [1.82, 2.24) is 0 Å². The zero-order valence-electron chi connectivity index (χ0n) is 5.33. The van der Waals surface area contributed by atoms with E-state index < -0.39 is 5.30 Å². The minimum Gasteiger partial charge on any atom is -0.427 e. The molecule has 0 amide bonds. The maximum Gasteiger partial charge on any atom is 0.369 e. The molecule has 0 rings (SSSR count). The lowest BCUT2D eigenvalue weighted by Crippen LogP contribution is -1.81. The van der Waals surface area contributed by atoms with Crippen LogP contribution in [0.15, 0.2) is 12.3 Å². The maximum absolute atomic E-state index is 10.00. The number of hydrogen-bond donors (Lipinski definition) is 1. The van der Waals surface area contributed by atoms with E-state index in [1.165, 1.54) is 6.26 Å². The van der Waals surface area contributed by atoms with E-state index in [2.05, 4.69) is 17.4 Å². The van der Waals surface area contributed by atoms with Gasteiger partial charge in [-0.25, -0.2) is 4.79 Å². The van der Waals surface area contributed by atoms with Gasteiger partial charge >= 0.3 is 5.30 Å². The molecule has 0 aromatic carbocycles. The number of carbonyl (C=O) groups is 1. The fourth-order valence-electron chi connectivity index (χ4n) is 0.341. The number of thiol groups is 1. The Morgan fingerprint density at radius 1 is 1.78 bits per heavy atom. The molecule has 0 unspecified atom stereocenters. The number of ether oxygens (including phenoxy) is 1. The molecule has 0 aliphatic heterocycles. The first-order valence-corrected chi connectivity index (χ1v) is 3.26. The Labute approximate surface area is 60.3 Å². The minimum absolute atomic E-state index is 0.567. The van der Waals surface area contributed by atoms with Crippen LogP contribution in [0.4, 0.5) is 4.79 Å². The van der Waals surface area contributed by atoms with Crippen LogP contribution in [0.3, 0.4) is 0 Å². The molecule has 0 aliphatic rings. The van der Waals surface area contributed by atoms with E-state index in [0.717, 1.165) is 12.8 Å². The van der Waals surface area contributed by atoms with E-state index in [1.54, 1.807) is 6.08 Å². The lowest BCUT2D eigenvalue weighted by atomic mass is 10.3. The molecule has 0 spiro atoms. The third-order valence-corrected chi connectivity index (χ3v) is 0.826. The largest absolute Gasteiger partial charge is 0.427 e. The second-order valence-electron chi connectivity index (χ2n) is 1.54. The van der Waals surface area contributed by atoms with Gasteiger partial charge in [0.15, 0.2) is 0 Å². The third-order valence-electron chi connectivity index (χ3n) is 0.720. The summed E-state index contributed by atoms with van der Waals surface area (Å²) in [6.07, 6.45) is 5.13. The summed E-state index contributed by atoms with van der Waals surface area (Å²) in [5.74, 6) is 0.